The summed E-state index contributed by atoms with van der Waals surface area (Å²) in [7, 11) is 0. The van der Waals surface area contributed by atoms with Crippen LogP contribution in [0.3, 0.4) is 0 Å². The molecule has 0 aliphatic heterocycles. The molecule has 9 rings (SSSR count). The molecule has 0 aliphatic rings. The van der Waals surface area contributed by atoms with Gasteiger partial charge < -0.3 is 0 Å². The minimum Gasteiger partial charge on any atom is -0.276 e. The van der Waals surface area contributed by atoms with Gasteiger partial charge >= 0.3 is 0 Å². The van der Waals surface area contributed by atoms with Crippen LogP contribution >= 0.6 is 0 Å². The average molecular weight is 448 g/mol. The Labute approximate surface area is 198 Å². The Bertz CT molecular complexity index is 2160. The first-order chi connectivity index (χ1) is 17.4. The van der Waals surface area contributed by atoms with Gasteiger partial charge in [-0.2, -0.15) is 0 Å². The Kier molecular flexibility index (Phi) is 2.99. The molecule has 0 atom stereocenters. The fourth-order valence-electron chi connectivity index (χ4n) is 5.90. The van der Waals surface area contributed by atoms with E-state index in [0.29, 0.717) is 0 Å². The first kappa shape index (κ1) is 17.6. The second kappa shape index (κ2) is 5.96. The van der Waals surface area contributed by atoms with E-state index in [1.807, 2.05) is 12.1 Å². The minimum atomic E-state index is 0.895. The number of hydrogen-bond acceptors (Lipinski definition) is 2. The summed E-state index contributed by atoms with van der Waals surface area (Å²) in [6, 6.07) is 36.5. The van der Waals surface area contributed by atoms with Gasteiger partial charge in [0.1, 0.15) is 5.52 Å². The standard InChI is InChI=1S/C30H17N5/c1-2-10-20-18(8-1)9-7-11-21(20)19-16-26-28-27(17-19)34-25-15-6-4-13-23(25)32-30(34)35(28)29-31-22-12-3-5-14-24(22)33(26)29/h1-17H. The number of nitrogens with zero attached hydrogens (tertiary/aromatic N) is 5. The zero-order valence-corrected chi connectivity index (χ0v) is 18.6. The lowest BCUT2D eigenvalue weighted by atomic mass is 9.97. The molecule has 0 spiro atoms. The van der Waals surface area contributed by atoms with Crippen molar-refractivity contribution in [2.45, 2.75) is 0 Å². The highest BCUT2D eigenvalue weighted by Gasteiger charge is 2.24. The van der Waals surface area contributed by atoms with Crippen LogP contribution in [0.5, 0.6) is 0 Å². The zero-order valence-electron chi connectivity index (χ0n) is 18.6. The van der Waals surface area contributed by atoms with Crippen molar-refractivity contribution in [3.05, 3.63) is 103 Å². The van der Waals surface area contributed by atoms with Crippen molar-refractivity contribution in [1.82, 2.24) is 23.2 Å². The summed E-state index contributed by atoms with van der Waals surface area (Å²) in [5, 5.41) is 2.49. The Balaban J connectivity index is 1.57. The van der Waals surface area contributed by atoms with E-state index in [9.17, 15) is 0 Å². The highest BCUT2D eigenvalue weighted by Crippen LogP contribution is 2.38. The van der Waals surface area contributed by atoms with Crippen molar-refractivity contribution in [2.24, 2.45) is 0 Å². The summed E-state index contributed by atoms with van der Waals surface area (Å²) in [6.45, 7) is 0. The lowest BCUT2D eigenvalue weighted by Gasteiger charge is -2.08. The van der Waals surface area contributed by atoms with Gasteiger partial charge in [0.2, 0.25) is 11.6 Å². The molecule has 4 aromatic heterocycles. The molecule has 0 bridgehead atoms. The summed E-state index contributed by atoms with van der Waals surface area (Å²) < 4.78 is 6.79. The molecule has 5 nitrogen and oxygen atoms in total. The molecule has 0 saturated heterocycles. The van der Waals surface area contributed by atoms with Crippen molar-refractivity contribution in [3.63, 3.8) is 0 Å². The van der Waals surface area contributed by atoms with Crippen molar-refractivity contribution < 1.29 is 0 Å². The quantitative estimate of drug-likeness (QED) is 0.273. The van der Waals surface area contributed by atoms with Gasteiger partial charge in [0.05, 0.1) is 33.1 Å². The van der Waals surface area contributed by atoms with E-state index in [4.69, 9.17) is 9.97 Å². The predicted octanol–water partition coefficient (Wildman–Crippen LogP) is 6.95. The number of rotatable bonds is 1. The van der Waals surface area contributed by atoms with Crippen LogP contribution in [-0.4, -0.2) is 23.2 Å². The number of para-hydroxylation sites is 4. The Morgan fingerprint density at radius 1 is 0.486 bits per heavy atom. The van der Waals surface area contributed by atoms with Crippen molar-refractivity contribution >= 4 is 60.9 Å². The summed E-state index contributed by atoms with van der Waals surface area (Å²) in [6.07, 6.45) is 0. The molecule has 4 heterocycles. The van der Waals surface area contributed by atoms with Gasteiger partial charge in [-0.05, 0) is 58.3 Å². The molecular formula is C30H17N5. The molecule has 0 N–H and O–H groups in total. The van der Waals surface area contributed by atoms with Crippen molar-refractivity contribution in [2.75, 3.05) is 0 Å². The van der Waals surface area contributed by atoms with Crippen LogP contribution in [0.1, 0.15) is 0 Å². The van der Waals surface area contributed by atoms with E-state index < -0.39 is 0 Å². The number of imidazole rings is 4. The highest BCUT2D eigenvalue weighted by molar-refractivity contribution is 6.08. The molecule has 0 aliphatic carbocycles. The fraction of sp³-hybridized carbons (Fsp3) is 0. The summed E-state index contributed by atoms with van der Waals surface area (Å²) in [5.74, 6) is 1.79. The molecule has 5 heteroatoms. The minimum absolute atomic E-state index is 0.895. The molecule has 0 amide bonds. The summed E-state index contributed by atoms with van der Waals surface area (Å²) >= 11 is 0. The second-order valence-corrected chi connectivity index (χ2v) is 9.20. The van der Waals surface area contributed by atoms with E-state index in [2.05, 4.69) is 104 Å². The first-order valence-corrected chi connectivity index (χ1v) is 11.8. The zero-order chi connectivity index (χ0) is 22.7. The first-order valence-electron chi connectivity index (χ1n) is 11.8. The maximum atomic E-state index is 5.05. The lowest BCUT2D eigenvalue weighted by molar-refractivity contribution is 1.15. The molecular weight excluding hydrogens is 430 g/mol. The third-order valence-electron chi connectivity index (χ3n) is 7.36. The van der Waals surface area contributed by atoms with Crippen LogP contribution in [0.2, 0.25) is 0 Å². The Morgan fingerprint density at radius 3 is 1.74 bits per heavy atom. The number of aromatic nitrogens is 5. The highest BCUT2D eigenvalue weighted by atomic mass is 15.3. The van der Waals surface area contributed by atoms with E-state index in [-0.39, 0.29) is 0 Å². The molecule has 0 saturated carbocycles. The Morgan fingerprint density at radius 2 is 1.06 bits per heavy atom. The molecule has 9 aromatic rings. The number of hydrogen-bond donors (Lipinski definition) is 0. The van der Waals surface area contributed by atoms with E-state index >= 15 is 0 Å². The van der Waals surface area contributed by atoms with Gasteiger partial charge in [-0.15, -0.1) is 0 Å². The maximum absolute atomic E-state index is 5.05. The summed E-state index contributed by atoms with van der Waals surface area (Å²) in [5.41, 5.74) is 10.0. The van der Waals surface area contributed by atoms with E-state index in [1.165, 1.54) is 21.9 Å². The van der Waals surface area contributed by atoms with Gasteiger partial charge in [0.25, 0.3) is 0 Å². The second-order valence-electron chi connectivity index (χ2n) is 9.20. The molecule has 0 unspecified atom stereocenters. The van der Waals surface area contributed by atoms with E-state index in [1.54, 1.807) is 0 Å². The van der Waals surface area contributed by atoms with Gasteiger partial charge in [-0.1, -0.05) is 66.7 Å². The lowest BCUT2D eigenvalue weighted by Crippen LogP contribution is -1.89. The van der Waals surface area contributed by atoms with Crippen molar-refractivity contribution in [3.8, 4) is 11.1 Å². The monoisotopic (exact) mass is 447 g/mol. The van der Waals surface area contributed by atoms with Crippen LogP contribution in [0, 0.1) is 0 Å². The van der Waals surface area contributed by atoms with Crippen LogP contribution < -0.4 is 0 Å². The van der Waals surface area contributed by atoms with Crippen LogP contribution in [-0.2, 0) is 0 Å². The predicted molar refractivity (Wildman–Crippen MR) is 142 cm³/mol. The van der Waals surface area contributed by atoms with Crippen molar-refractivity contribution in [1.29, 1.82) is 0 Å². The SMILES string of the molecule is c1ccc2c(-c3cc4c5c(c3)n3c6ccccc6nc3n5c3nc5ccccc5n43)cccc2c1. The number of fused-ring (bicyclic) bond motifs is 11. The van der Waals surface area contributed by atoms with Crippen LogP contribution in [0.4, 0.5) is 0 Å². The molecule has 5 aromatic carbocycles. The summed E-state index contributed by atoms with van der Waals surface area (Å²) in [4.78, 5) is 10.1. The maximum Gasteiger partial charge on any atom is 0.223 e. The van der Waals surface area contributed by atoms with Gasteiger partial charge in [0.15, 0.2) is 0 Å². The van der Waals surface area contributed by atoms with Crippen LogP contribution in [0.25, 0.3) is 72.1 Å². The van der Waals surface area contributed by atoms with E-state index in [0.717, 1.165) is 50.2 Å². The third kappa shape index (κ3) is 2.05. The molecule has 0 fully saturated rings. The molecule has 35 heavy (non-hydrogen) atoms. The largest absolute Gasteiger partial charge is 0.276 e. The molecule has 162 valence electrons. The number of benzene rings is 5. The normalized spacial score (nSPS) is 12.6. The Hall–Kier alpha value is -4.90. The smallest absolute Gasteiger partial charge is 0.223 e. The molecule has 0 radical (unpaired) electrons. The third-order valence-corrected chi connectivity index (χ3v) is 7.36. The fourth-order valence-corrected chi connectivity index (χ4v) is 5.90. The van der Waals surface area contributed by atoms with Crippen LogP contribution in [0.15, 0.2) is 103 Å². The van der Waals surface area contributed by atoms with Gasteiger partial charge in [0, 0.05) is 0 Å². The topological polar surface area (TPSA) is 39.0 Å². The van der Waals surface area contributed by atoms with Gasteiger partial charge in [-0.3, -0.25) is 8.80 Å². The average Bonchev–Trinajstić information content (AvgIpc) is 3.62. The van der Waals surface area contributed by atoms with Gasteiger partial charge in [-0.25, -0.2) is 14.4 Å².